The van der Waals surface area contributed by atoms with Crippen molar-refractivity contribution >= 4 is 17.3 Å². The second-order valence-corrected chi connectivity index (χ2v) is 5.46. The average molecular weight is 293 g/mol. The Morgan fingerprint density at radius 2 is 1.95 bits per heavy atom. The van der Waals surface area contributed by atoms with Crippen LogP contribution in [0.4, 0.5) is 10.1 Å². The normalized spacial score (nSPS) is 12.2. The maximum atomic E-state index is 13.1. The molecule has 0 spiro atoms. The number of benzene rings is 2. The second-order valence-electron chi connectivity index (χ2n) is 5.05. The van der Waals surface area contributed by atoms with Gasteiger partial charge >= 0.3 is 0 Å². The Morgan fingerprint density at radius 3 is 2.60 bits per heavy atom. The summed E-state index contributed by atoms with van der Waals surface area (Å²) < 4.78 is 13.1. The zero-order chi connectivity index (χ0) is 14.7. The lowest BCUT2D eigenvalue weighted by Crippen LogP contribution is -2.15. The SMILES string of the molecule is CN(C)c1cccc(C(N)Cc2ccc(F)c(Cl)c2)c1. The Balaban J connectivity index is 2.17. The van der Waals surface area contributed by atoms with E-state index in [1.54, 1.807) is 12.1 Å². The second kappa shape index (κ2) is 6.25. The highest BCUT2D eigenvalue weighted by atomic mass is 35.5. The van der Waals surface area contributed by atoms with E-state index in [2.05, 4.69) is 6.07 Å². The van der Waals surface area contributed by atoms with Crippen molar-refractivity contribution in [3.8, 4) is 0 Å². The molecule has 0 aliphatic carbocycles. The van der Waals surface area contributed by atoms with Crippen LogP contribution in [0.1, 0.15) is 17.2 Å². The van der Waals surface area contributed by atoms with Crippen molar-refractivity contribution in [3.05, 3.63) is 64.4 Å². The molecule has 0 saturated carbocycles. The summed E-state index contributed by atoms with van der Waals surface area (Å²) in [5, 5.41) is 0.136. The maximum Gasteiger partial charge on any atom is 0.141 e. The molecular formula is C16H18ClFN2. The van der Waals surface area contributed by atoms with Gasteiger partial charge in [-0.2, -0.15) is 0 Å². The predicted octanol–water partition coefficient (Wildman–Crippen LogP) is 3.79. The molecule has 0 amide bonds. The number of hydrogen-bond acceptors (Lipinski definition) is 2. The minimum absolute atomic E-state index is 0.136. The largest absolute Gasteiger partial charge is 0.378 e. The van der Waals surface area contributed by atoms with Crippen LogP contribution in [0.25, 0.3) is 0 Å². The number of rotatable bonds is 4. The number of nitrogens with two attached hydrogens (primary N) is 1. The summed E-state index contributed by atoms with van der Waals surface area (Å²) in [4.78, 5) is 2.03. The summed E-state index contributed by atoms with van der Waals surface area (Å²) in [5.74, 6) is -0.404. The van der Waals surface area contributed by atoms with E-state index in [-0.39, 0.29) is 11.1 Å². The first-order valence-electron chi connectivity index (χ1n) is 6.44. The topological polar surface area (TPSA) is 29.3 Å². The van der Waals surface area contributed by atoms with Crippen LogP contribution in [0.3, 0.4) is 0 Å². The Bertz CT molecular complexity index is 599. The first kappa shape index (κ1) is 14.8. The molecule has 106 valence electrons. The molecule has 2 nitrogen and oxygen atoms in total. The fourth-order valence-corrected chi connectivity index (χ4v) is 2.28. The molecule has 2 aromatic rings. The first-order valence-corrected chi connectivity index (χ1v) is 6.82. The van der Waals surface area contributed by atoms with Crippen LogP contribution in [-0.2, 0) is 6.42 Å². The van der Waals surface area contributed by atoms with Crippen LogP contribution in [0, 0.1) is 5.82 Å². The van der Waals surface area contributed by atoms with Gasteiger partial charge in [-0.25, -0.2) is 4.39 Å². The van der Waals surface area contributed by atoms with Gasteiger partial charge in [0.15, 0.2) is 0 Å². The summed E-state index contributed by atoms with van der Waals surface area (Å²) in [5.41, 5.74) is 9.32. The highest BCUT2D eigenvalue weighted by Crippen LogP contribution is 2.23. The highest BCUT2D eigenvalue weighted by Gasteiger charge is 2.10. The van der Waals surface area contributed by atoms with Gasteiger partial charge in [-0.15, -0.1) is 0 Å². The molecule has 0 bridgehead atoms. The zero-order valence-electron chi connectivity index (χ0n) is 11.6. The molecule has 0 heterocycles. The van der Waals surface area contributed by atoms with E-state index in [0.717, 1.165) is 16.8 Å². The van der Waals surface area contributed by atoms with Crippen molar-refractivity contribution in [1.82, 2.24) is 0 Å². The van der Waals surface area contributed by atoms with E-state index in [1.807, 2.05) is 37.2 Å². The van der Waals surface area contributed by atoms with Gasteiger partial charge in [-0.1, -0.05) is 29.8 Å². The van der Waals surface area contributed by atoms with Gasteiger partial charge in [-0.3, -0.25) is 0 Å². The lowest BCUT2D eigenvalue weighted by molar-refractivity contribution is 0.626. The predicted molar refractivity (Wildman–Crippen MR) is 82.8 cm³/mol. The molecule has 2 rings (SSSR count). The van der Waals surface area contributed by atoms with Gasteiger partial charge in [0.25, 0.3) is 0 Å². The summed E-state index contributed by atoms with van der Waals surface area (Å²) in [6.45, 7) is 0. The highest BCUT2D eigenvalue weighted by molar-refractivity contribution is 6.30. The van der Waals surface area contributed by atoms with Crippen molar-refractivity contribution in [1.29, 1.82) is 0 Å². The van der Waals surface area contributed by atoms with Crippen LogP contribution in [0.5, 0.6) is 0 Å². The van der Waals surface area contributed by atoms with Crippen LogP contribution in [0.15, 0.2) is 42.5 Å². The number of nitrogens with zero attached hydrogens (tertiary/aromatic N) is 1. The van der Waals surface area contributed by atoms with Crippen LogP contribution in [-0.4, -0.2) is 14.1 Å². The lowest BCUT2D eigenvalue weighted by Gasteiger charge is -2.17. The molecule has 0 radical (unpaired) electrons. The van der Waals surface area contributed by atoms with Crippen molar-refractivity contribution < 1.29 is 4.39 Å². The molecule has 0 fully saturated rings. The Labute approximate surface area is 124 Å². The minimum atomic E-state index is -0.404. The molecule has 0 aliphatic heterocycles. The van der Waals surface area contributed by atoms with Crippen molar-refractivity contribution in [2.45, 2.75) is 12.5 Å². The van der Waals surface area contributed by atoms with E-state index in [0.29, 0.717) is 6.42 Å². The van der Waals surface area contributed by atoms with Gasteiger partial charge in [0.2, 0.25) is 0 Å². The Hall–Kier alpha value is -1.58. The third kappa shape index (κ3) is 3.50. The molecule has 0 saturated heterocycles. The summed E-state index contributed by atoms with van der Waals surface area (Å²) in [6, 6.07) is 12.7. The molecule has 1 unspecified atom stereocenters. The molecule has 4 heteroatoms. The van der Waals surface area contributed by atoms with E-state index in [4.69, 9.17) is 17.3 Å². The van der Waals surface area contributed by atoms with E-state index < -0.39 is 5.82 Å². The van der Waals surface area contributed by atoms with Gasteiger partial charge in [-0.05, 0) is 41.8 Å². The number of halogens is 2. The van der Waals surface area contributed by atoms with E-state index >= 15 is 0 Å². The smallest absolute Gasteiger partial charge is 0.141 e. The first-order chi connectivity index (χ1) is 9.47. The quantitative estimate of drug-likeness (QED) is 0.929. The summed E-state index contributed by atoms with van der Waals surface area (Å²) in [7, 11) is 3.98. The molecule has 0 aliphatic rings. The van der Waals surface area contributed by atoms with Crippen molar-refractivity contribution in [2.75, 3.05) is 19.0 Å². The molecular weight excluding hydrogens is 275 g/mol. The van der Waals surface area contributed by atoms with E-state index in [1.165, 1.54) is 6.07 Å². The fraction of sp³-hybridized carbons (Fsp3) is 0.250. The number of hydrogen-bond donors (Lipinski definition) is 1. The molecule has 1 atom stereocenters. The fourth-order valence-electron chi connectivity index (χ4n) is 2.07. The monoisotopic (exact) mass is 292 g/mol. The van der Waals surface area contributed by atoms with Gasteiger partial charge in [0, 0.05) is 25.8 Å². The summed E-state index contributed by atoms with van der Waals surface area (Å²) in [6.07, 6.45) is 0.622. The minimum Gasteiger partial charge on any atom is -0.378 e. The van der Waals surface area contributed by atoms with Gasteiger partial charge in [0.1, 0.15) is 5.82 Å². The summed E-state index contributed by atoms with van der Waals surface area (Å²) >= 11 is 5.79. The van der Waals surface area contributed by atoms with Crippen molar-refractivity contribution in [3.63, 3.8) is 0 Å². The van der Waals surface area contributed by atoms with Crippen LogP contribution in [0.2, 0.25) is 5.02 Å². The van der Waals surface area contributed by atoms with Crippen LogP contribution < -0.4 is 10.6 Å². The zero-order valence-corrected chi connectivity index (χ0v) is 12.4. The number of anilines is 1. The van der Waals surface area contributed by atoms with E-state index in [9.17, 15) is 4.39 Å². The van der Waals surface area contributed by atoms with Gasteiger partial charge in [0.05, 0.1) is 5.02 Å². The average Bonchev–Trinajstić information content (AvgIpc) is 2.43. The molecule has 0 aromatic heterocycles. The Morgan fingerprint density at radius 1 is 1.20 bits per heavy atom. The third-order valence-corrected chi connectivity index (χ3v) is 3.54. The molecule has 20 heavy (non-hydrogen) atoms. The van der Waals surface area contributed by atoms with Crippen LogP contribution >= 0.6 is 11.6 Å². The standard InChI is InChI=1S/C16H18ClFN2/c1-20(2)13-5-3-4-12(10-13)16(19)9-11-6-7-15(18)14(17)8-11/h3-8,10,16H,9,19H2,1-2H3. The Kier molecular flexibility index (Phi) is 4.63. The molecule has 2 N–H and O–H groups in total. The maximum absolute atomic E-state index is 13.1. The lowest BCUT2D eigenvalue weighted by atomic mass is 9.99. The van der Waals surface area contributed by atoms with Gasteiger partial charge < -0.3 is 10.6 Å². The third-order valence-electron chi connectivity index (χ3n) is 3.25. The van der Waals surface area contributed by atoms with Crippen molar-refractivity contribution in [2.24, 2.45) is 5.73 Å². The molecule has 2 aromatic carbocycles.